The maximum Gasteiger partial charge on any atom is 0.276 e. The Morgan fingerprint density at radius 2 is 1.97 bits per heavy atom. The number of likely N-dealkylation sites (tertiary alicyclic amines) is 1. The first-order valence-corrected chi connectivity index (χ1v) is 11.9. The highest BCUT2D eigenvalue weighted by Gasteiger charge is 2.26. The molecule has 0 radical (unpaired) electrons. The number of thioether (sulfide) groups is 1. The number of benzene rings is 1. The van der Waals surface area contributed by atoms with Crippen molar-refractivity contribution in [2.45, 2.75) is 25.4 Å². The summed E-state index contributed by atoms with van der Waals surface area (Å²) in [4.78, 5) is 32.8. The van der Waals surface area contributed by atoms with Gasteiger partial charge in [0.25, 0.3) is 5.56 Å². The van der Waals surface area contributed by atoms with E-state index in [0.717, 1.165) is 19.5 Å². The maximum absolute atomic E-state index is 13.3. The van der Waals surface area contributed by atoms with Gasteiger partial charge in [0.05, 0.1) is 24.1 Å². The van der Waals surface area contributed by atoms with Gasteiger partial charge in [-0.05, 0) is 41.8 Å². The second kappa shape index (κ2) is 8.81. The zero-order valence-corrected chi connectivity index (χ0v) is 19.0. The van der Waals surface area contributed by atoms with Crippen molar-refractivity contribution in [3.05, 3.63) is 46.1 Å². The Labute approximate surface area is 183 Å². The van der Waals surface area contributed by atoms with Gasteiger partial charge < -0.3 is 9.64 Å². The van der Waals surface area contributed by atoms with Gasteiger partial charge >= 0.3 is 0 Å². The summed E-state index contributed by atoms with van der Waals surface area (Å²) in [6, 6.07) is 9.21. The molecule has 2 atom stereocenters. The lowest BCUT2D eigenvalue weighted by Crippen LogP contribution is -2.43. The second-order valence-corrected chi connectivity index (χ2v) is 9.73. The molecule has 6 nitrogen and oxygen atoms in total. The molecule has 1 amide bonds. The highest BCUT2D eigenvalue weighted by molar-refractivity contribution is 7.99. The number of ether oxygens (including phenoxy) is 1. The van der Waals surface area contributed by atoms with Crippen molar-refractivity contribution in [2.24, 2.45) is 11.8 Å². The Kier molecular flexibility index (Phi) is 6.15. The largest absolute Gasteiger partial charge is 0.495 e. The summed E-state index contributed by atoms with van der Waals surface area (Å²) in [5.41, 5.74) is 1.14. The van der Waals surface area contributed by atoms with Crippen molar-refractivity contribution in [3.8, 4) is 11.4 Å². The Balaban J connectivity index is 1.68. The smallest absolute Gasteiger partial charge is 0.276 e. The third-order valence-electron chi connectivity index (χ3n) is 5.32. The summed E-state index contributed by atoms with van der Waals surface area (Å²) in [5.74, 6) is 1.94. The normalized spacial score (nSPS) is 19.2. The quantitative estimate of drug-likeness (QED) is 0.440. The van der Waals surface area contributed by atoms with Crippen LogP contribution in [0.1, 0.15) is 20.3 Å². The number of thiophene rings is 1. The summed E-state index contributed by atoms with van der Waals surface area (Å²) < 4.78 is 7.64. The lowest BCUT2D eigenvalue weighted by Gasteiger charge is -2.35. The molecule has 0 aliphatic carbocycles. The SMILES string of the molecule is COc1ccccc1-n1c(SCC(=O)N2C[C@H](C)C[C@H](C)C2)nc2ccsc2c1=O. The molecule has 3 aromatic rings. The van der Waals surface area contributed by atoms with E-state index in [9.17, 15) is 9.59 Å². The summed E-state index contributed by atoms with van der Waals surface area (Å²) in [6.07, 6.45) is 1.15. The molecule has 1 aliphatic heterocycles. The molecule has 1 aromatic carbocycles. The van der Waals surface area contributed by atoms with Gasteiger partial charge in [0, 0.05) is 13.1 Å². The van der Waals surface area contributed by atoms with Crippen molar-refractivity contribution in [1.29, 1.82) is 0 Å². The zero-order chi connectivity index (χ0) is 21.3. The minimum absolute atomic E-state index is 0.0876. The number of aromatic nitrogens is 2. The highest BCUT2D eigenvalue weighted by Crippen LogP contribution is 2.29. The minimum Gasteiger partial charge on any atom is -0.495 e. The summed E-state index contributed by atoms with van der Waals surface area (Å²) in [6.45, 7) is 5.96. The lowest BCUT2D eigenvalue weighted by atomic mass is 9.92. The standard InChI is InChI=1S/C22H25N3O3S2/c1-14-10-15(2)12-24(11-14)19(26)13-30-22-23-16-8-9-29-20(16)21(27)25(22)17-6-4-5-7-18(17)28-3/h4-9,14-15H,10-13H2,1-3H3/t14-,15+. The van der Waals surface area contributed by atoms with Crippen LogP contribution in [-0.4, -0.2) is 46.3 Å². The topological polar surface area (TPSA) is 64.4 Å². The molecule has 4 rings (SSSR count). The van der Waals surface area contributed by atoms with E-state index in [1.54, 1.807) is 11.7 Å². The summed E-state index contributed by atoms with van der Waals surface area (Å²) >= 11 is 2.68. The number of fused-ring (bicyclic) bond motifs is 1. The molecule has 3 heterocycles. The summed E-state index contributed by atoms with van der Waals surface area (Å²) in [5, 5.41) is 2.36. The van der Waals surface area contributed by atoms with Crippen LogP contribution in [0.2, 0.25) is 0 Å². The fourth-order valence-electron chi connectivity index (χ4n) is 4.10. The van der Waals surface area contributed by atoms with Crippen LogP contribution in [0.25, 0.3) is 15.9 Å². The molecule has 0 N–H and O–H groups in total. The van der Waals surface area contributed by atoms with E-state index in [4.69, 9.17) is 9.72 Å². The first kappa shape index (κ1) is 20.9. The molecule has 1 aliphatic rings. The number of nitrogens with zero attached hydrogens (tertiary/aromatic N) is 3. The first-order chi connectivity index (χ1) is 14.5. The molecule has 1 fully saturated rings. The predicted octanol–water partition coefficient (Wildman–Crippen LogP) is 4.05. The molecular weight excluding hydrogens is 418 g/mol. The number of para-hydroxylation sites is 2. The number of piperidine rings is 1. The molecule has 30 heavy (non-hydrogen) atoms. The van der Waals surface area contributed by atoms with Gasteiger partial charge in [-0.2, -0.15) is 0 Å². The maximum atomic E-state index is 13.3. The van der Waals surface area contributed by atoms with Gasteiger partial charge in [0.2, 0.25) is 5.91 Å². The molecule has 8 heteroatoms. The zero-order valence-electron chi connectivity index (χ0n) is 17.3. The number of hydrogen-bond acceptors (Lipinski definition) is 6. The molecular formula is C22H25N3O3S2. The number of carbonyl (C=O) groups excluding carboxylic acids is 1. The van der Waals surface area contributed by atoms with Crippen LogP contribution in [0, 0.1) is 11.8 Å². The van der Waals surface area contributed by atoms with E-state index in [1.165, 1.54) is 23.1 Å². The predicted molar refractivity (Wildman–Crippen MR) is 122 cm³/mol. The van der Waals surface area contributed by atoms with E-state index in [1.807, 2.05) is 40.6 Å². The van der Waals surface area contributed by atoms with Gasteiger partial charge in [0.15, 0.2) is 5.16 Å². The van der Waals surface area contributed by atoms with Gasteiger partial charge in [-0.1, -0.05) is 37.7 Å². The van der Waals surface area contributed by atoms with E-state index in [0.29, 0.717) is 38.6 Å². The van der Waals surface area contributed by atoms with E-state index in [2.05, 4.69) is 13.8 Å². The van der Waals surface area contributed by atoms with Crippen LogP contribution in [0.5, 0.6) is 5.75 Å². The lowest BCUT2D eigenvalue weighted by molar-refractivity contribution is -0.130. The average Bonchev–Trinajstić information content (AvgIpc) is 3.20. The van der Waals surface area contributed by atoms with Crippen molar-refractivity contribution < 1.29 is 9.53 Å². The number of hydrogen-bond donors (Lipinski definition) is 0. The van der Waals surface area contributed by atoms with Crippen LogP contribution in [0.3, 0.4) is 0 Å². The number of rotatable bonds is 5. The van der Waals surface area contributed by atoms with Crippen LogP contribution >= 0.6 is 23.1 Å². The fraction of sp³-hybridized carbons (Fsp3) is 0.409. The first-order valence-electron chi connectivity index (χ1n) is 10.0. The highest BCUT2D eigenvalue weighted by atomic mass is 32.2. The molecule has 0 bridgehead atoms. The van der Waals surface area contributed by atoms with Crippen LogP contribution in [0.4, 0.5) is 0 Å². The third-order valence-corrected chi connectivity index (χ3v) is 7.14. The molecule has 2 aromatic heterocycles. The molecule has 0 spiro atoms. The Hall–Kier alpha value is -2.32. The van der Waals surface area contributed by atoms with Crippen LogP contribution in [-0.2, 0) is 4.79 Å². The Bertz CT molecular complexity index is 1110. The van der Waals surface area contributed by atoms with Crippen molar-refractivity contribution in [1.82, 2.24) is 14.5 Å². The van der Waals surface area contributed by atoms with Gasteiger partial charge in [-0.3, -0.25) is 14.2 Å². The molecule has 158 valence electrons. The number of methoxy groups -OCH3 is 1. The monoisotopic (exact) mass is 443 g/mol. The molecule has 0 saturated carbocycles. The number of carbonyl (C=O) groups is 1. The Morgan fingerprint density at radius 3 is 2.70 bits per heavy atom. The second-order valence-electron chi connectivity index (χ2n) is 7.88. The van der Waals surface area contributed by atoms with Gasteiger partial charge in [-0.25, -0.2) is 4.98 Å². The van der Waals surface area contributed by atoms with Crippen LogP contribution in [0.15, 0.2) is 45.7 Å². The molecule has 1 saturated heterocycles. The van der Waals surface area contributed by atoms with Gasteiger partial charge in [0.1, 0.15) is 10.4 Å². The third kappa shape index (κ3) is 4.11. The van der Waals surface area contributed by atoms with Crippen molar-refractivity contribution in [2.75, 3.05) is 26.0 Å². The van der Waals surface area contributed by atoms with E-state index < -0.39 is 0 Å². The number of amides is 1. The Morgan fingerprint density at radius 1 is 1.23 bits per heavy atom. The minimum atomic E-state index is -0.144. The van der Waals surface area contributed by atoms with Crippen LogP contribution < -0.4 is 10.3 Å². The van der Waals surface area contributed by atoms with E-state index >= 15 is 0 Å². The fourth-order valence-corrected chi connectivity index (χ4v) is 5.77. The van der Waals surface area contributed by atoms with Crippen molar-refractivity contribution >= 4 is 39.2 Å². The average molecular weight is 444 g/mol. The van der Waals surface area contributed by atoms with E-state index in [-0.39, 0.29) is 17.2 Å². The molecule has 0 unspecified atom stereocenters. The van der Waals surface area contributed by atoms with Crippen molar-refractivity contribution in [3.63, 3.8) is 0 Å². The summed E-state index contributed by atoms with van der Waals surface area (Å²) in [7, 11) is 1.58. The van der Waals surface area contributed by atoms with Gasteiger partial charge in [-0.15, -0.1) is 11.3 Å².